The Labute approximate surface area is 73.8 Å². The Balaban J connectivity index is 3.50. The highest BCUT2D eigenvalue weighted by molar-refractivity contribution is 7.80. The molecule has 0 amide bonds. The molecule has 0 heterocycles. The van der Waals surface area contributed by atoms with Crippen LogP contribution in [0.2, 0.25) is 0 Å². The van der Waals surface area contributed by atoms with Crippen molar-refractivity contribution in [3.05, 3.63) is 0 Å². The zero-order valence-corrected chi connectivity index (χ0v) is 7.79. The van der Waals surface area contributed by atoms with Crippen molar-refractivity contribution in [3.8, 4) is 12.3 Å². The van der Waals surface area contributed by atoms with Gasteiger partial charge in [0.1, 0.15) is 0 Å². The van der Waals surface area contributed by atoms with Crippen LogP contribution in [0.5, 0.6) is 0 Å². The number of hydrogen-bond donors (Lipinski definition) is 2. The number of hydrogen-bond acceptors (Lipinski definition) is 1. The average Bonchev–Trinajstić information content (AvgIpc) is 1.87. The summed E-state index contributed by atoms with van der Waals surface area (Å²) in [7, 11) is 0. The van der Waals surface area contributed by atoms with Crippen LogP contribution in [-0.4, -0.2) is 17.7 Å². The summed E-state index contributed by atoms with van der Waals surface area (Å²) in [6.45, 7) is 4.85. The minimum absolute atomic E-state index is 0.256. The third-order valence-electron chi connectivity index (χ3n) is 1.14. The first-order valence-electron chi connectivity index (χ1n) is 3.68. The summed E-state index contributed by atoms with van der Waals surface area (Å²) in [5.74, 6) is 2.57. The van der Waals surface area contributed by atoms with Crippen molar-refractivity contribution >= 4 is 17.3 Å². The second-order valence-corrected chi connectivity index (χ2v) is 2.72. The lowest BCUT2D eigenvalue weighted by Crippen LogP contribution is -2.40. The second-order valence-electron chi connectivity index (χ2n) is 2.31. The highest BCUT2D eigenvalue weighted by Gasteiger charge is 1.99. The Morgan fingerprint density at radius 3 is 2.82 bits per heavy atom. The maximum atomic E-state index is 5.13. The molecule has 11 heavy (non-hydrogen) atoms. The van der Waals surface area contributed by atoms with Crippen LogP contribution in [0, 0.1) is 12.3 Å². The van der Waals surface area contributed by atoms with Gasteiger partial charge in [-0.1, -0.05) is 0 Å². The predicted octanol–water partition coefficient (Wildman–Crippen LogP) is 0.882. The van der Waals surface area contributed by atoms with Crippen LogP contribution in [0.3, 0.4) is 0 Å². The number of rotatable bonds is 3. The van der Waals surface area contributed by atoms with E-state index in [1.54, 1.807) is 0 Å². The number of terminal acetylenes is 1. The molecule has 0 aromatic heterocycles. The van der Waals surface area contributed by atoms with Crippen LogP contribution in [0.1, 0.15) is 20.3 Å². The van der Waals surface area contributed by atoms with Crippen LogP contribution in [0.15, 0.2) is 0 Å². The van der Waals surface area contributed by atoms with Crippen molar-refractivity contribution in [3.63, 3.8) is 0 Å². The van der Waals surface area contributed by atoms with Gasteiger partial charge >= 0.3 is 0 Å². The third kappa shape index (κ3) is 5.68. The molecule has 0 aliphatic heterocycles. The molecule has 0 fully saturated rings. The van der Waals surface area contributed by atoms with Gasteiger partial charge in [0.15, 0.2) is 5.11 Å². The molecule has 1 unspecified atom stereocenters. The Morgan fingerprint density at radius 1 is 1.73 bits per heavy atom. The fraction of sp³-hybridized carbons (Fsp3) is 0.625. The van der Waals surface area contributed by atoms with Crippen molar-refractivity contribution in [2.75, 3.05) is 6.54 Å². The van der Waals surface area contributed by atoms with E-state index in [9.17, 15) is 0 Å². The van der Waals surface area contributed by atoms with Crippen LogP contribution < -0.4 is 10.6 Å². The van der Waals surface area contributed by atoms with Crippen molar-refractivity contribution in [2.45, 2.75) is 26.3 Å². The molecule has 0 bridgehead atoms. The maximum absolute atomic E-state index is 5.13. The molecule has 2 N–H and O–H groups in total. The van der Waals surface area contributed by atoms with E-state index < -0.39 is 0 Å². The molecule has 1 atom stereocenters. The summed E-state index contributed by atoms with van der Waals surface area (Å²) in [6, 6.07) is 0.256. The van der Waals surface area contributed by atoms with Crippen LogP contribution >= 0.6 is 12.2 Å². The summed E-state index contributed by atoms with van der Waals surface area (Å²) in [5.41, 5.74) is 0. The molecule has 0 radical (unpaired) electrons. The van der Waals surface area contributed by atoms with Gasteiger partial charge in [-0.15, -0.1) is 12.3 Å². The van der Waals surface area contributed by atoms with Gasteiger partial charge in [-0.3, -0.25) is 0 Å². The molecule has 0 aromatic carbocycles. The van der Waals surface area contributed by atoms with E-state index in [1.165, 1.54) is 0 Å². The molecule has 0 rings (SSSR count). The molecular weight excluding hydrogens is 156 g/mol. The molecule has 2 nitrogen and oxygen atoms in total. The van der Waals surface area contributed by atoms with E-state index >= 15 is 0 Å². The average molecular weight is 170 g/mol. The summed E-state index contributed by atoms with van der Waals surface area (Å²) in [5, 5.41) is 6.72. The highest BCUT2D eigenvalue weighted by atomic mass is 32.1. The monoisotopic (exact) mass is 170 g/mol. The number of thiocarbonyl (C=S) groups is 1. The summed E-state index contributed by atoms with van der Waals surface area (Å²) in [6.07, 6.45) is 5.83. The van der Waals surface area contributed by atoms with Crippen LogP contribution in [0.25, 0.3) is 0 Å². The maximum Gasteiger partial charge on any atom is 0.166 e. The largest absolute Gasteiger partial charge is 0.363 e. The van der Waals surface area contributed by atoms with Gasteiger partial charge < -0.3 is 10.6 Å². The molecule has 3 heteroatoms. The Kier molecular flexibility index (Phi) is 5.58. The standard InChI is InChI=1S/C8H14N2S/c1-4-6-7(3)10-8(11)9-5-2/h1,7H,5-6H2,2-3H3,(H2,9,10,11). The minimum atomic E-state index is 0.256. The Morgan fingerprint density at radius 2 is 2.36 bits per heavy atom. The Hall–Kier alpha value is -0.750. The van der Waals surface area contributed by atoms with E-state index in [2.05, 4.69) is 16.6 Å². The van der Waals surface area contributed by atoms with Gasteiger partial charge in [-0.25, -0.2) is 0 Å². The normalized spacial score (nSPS) is 11.4. The van der Waals surface area contributed by atoms with Crippen molar-refractivity contribution in [1.29, 1.82) is 0 Å². The second kappa shape index (κ2) is 5.99. The van der Waals surface area contributed by atoms with Crippen molar-refractivity contribution in [1.82, 2.24) is 10.6 Å². The smallest absolute Gasteiger partial charge is 0.166 e. The first kappa shape index (κ1) is 10.2. The van der Waals surface area contributed by atoms with E-state index in [-0.39, 0.29) is 6.04 Å². The lowest BCUT2D eigenvalue weighted by molar-refractivity contribution is 0.673. The minimum Gasteiger partial charge on any atom is -0.363 e. The van der Waals surface area contributed by atoms with Gasteiger partial charge in [0.2, 0.25) is 0 Å². The van der Waals surface area contributed by atoms with Crippen molar-refractivity contribution < 1.29 is 0 Å². The summed E-state index contributed by atoms with van der Waals surface area (Å²) >= 11 is 4.95. The van der Waals surface area contributed by atoms with Crippen LogP contribution in [0.4, 0.5) is 0 Å². The topological polar surface area (TPSA) is 24.1 Å². The zero-order chi connectivity index (χ0) is 8.69. The molecule has 0 aromatic rings. The van der Waals surface area contributed by atoms with Gasteiger partial charge in [-0.05, 0) is 26.1 Å². The molecule has 0 saturated heterocycles. The molecule has 62 valence electrons. The fourth-order valence-electron chi connectivity index (χ4n) is 0.663. The van der Waals surface area contributed by atoms with E-state index in [4.69, 9.17) is 18.6 Å². The zero-order valence-electron chi connectivity index (χ0n) is 6.98. The molecule has 0 aliphatic rings. The summed E-state index contributed by atoms with van der Waals surface area (Å²) in [4.78, 5) is 0. The lowest BCUT2D eigenvalue weighted by atomic mass is 10.2. The fourth-order valence-corrected chi connectivity index (χ4v) is 1.01. The quantitative estimate of drug-likeness (QED) is 0.486. The SMILES string of the molecule is C#CCC(C)NC(=S)NCC. The van der Waals surface area contributed by atoms with E-state index in [1.807, 2.05) is 13.8 Å². The third-order valence-corrected chi connectivity index (χ3v) is 1.40. The van der Waals surface area contributed by atoms with Gasteiger partial charge in [-0.2, -0.15) is 0 Å². The van der Waals surface area contributed by atoms with Gasteiger partial charge in [0.25, 0.3) is 0 Å². The molecule has 0 saturated carbocycles. The van der Waals surface area contributed by atoms with Gasteiger partial charge in [0, 0.05) is 19.0 Å². The predicted molar refractivity (Wildman–Crippen MR) is 52.3 cm³/mol. The lowest BCUT2D eigenvalue weighted by Gasteiger charge is -2.13. The highest BCUT2D eigenvalue weighted by Crippen LogP contribution is 1.86. The van der Waals surface area contributed by atoms with Crippen LogP contribution in [-0.2, 0) is 0 Å². The first-order valence-corrected chi connectivity index (χ1v) is 4.09. The molecule has 0 aliphatic carbocycles. The van der Waals surface area contributed by atoms with Crippen molar-refractivity contribution in [2.24, 2.45) is 0 Å². The molecule has 0 spiro atoms. The Bertz CT molecular complexity index is 160. The number of nitrogens with one attached hydrogen (secondary N) is 2. The summed E-state index contributed by atoms with van der Waals surface area (Å²) < 4.78 is 0. The first-order chi connectivity index (χ1) is 5.20. The van der Waals surface area contributed by atoms with E-state index in [0.29, 0.717) is 11.5 Å². The van der Waals surface area contributed by atoms with E-state index in [0.717, 1.165) is 6.54 Å². The van der Waals surface area contributed by atoms with Gasteiger partial charge in [0.05, 0.1) is 0 Å². The molecular formula is C8H14N2S.